The Morgan fingerprint density at radius 1 is 1.24 bits per heavy atom. The summed E-state index contributed by atoms with van der Waals surface area (Å²) in [4.78, 5) is 4.61. The Hall–Kier alpha value is -1.39. The van der Waals surface area contributed by atoms with Crippen molar-refractivity contribution in [2.45, 2.75) is 44.1 Å². The van der Waals surface area contributed by atoms with Crippen LogP contribution in [0.5, 0.6) is 0 Å². The molecule has 0 bridgehead atoms. The molecule has 0 radical (unpaired) electrons. The summed E-state index contributed by atoms with van der Waals surface area (Å²) >= 11 is 6.02. The molecule has 0 aliphatic heterocycles. The summed E-state index contributed by atoms with van der Waals surface area (Å²) in [5.41, 5.74) is 0.895. The minimum absolute atomic E-state index is 0.304. The fraction of sp³-hybridized carbons (Fsp3) is 0.500. The van der Waals surface area contributed by atoms with Gasteiger partial charge in [0, 0.05) is 16.6 Å². The topological polar surface area (TPSA) is 51.0 Å². The van der Waals surface area contributed by atoms with Gasteiger partial charge in [0.1, 0.15) is 0 Å². The fourth-order valence-electron chi connectivity index (χ4n) is 3.08. The molecule has 112 valence electrons. The van der Waals surface area contributed by atoms with Crippen LogP contribution in [0.3, 0.4) is 0 Å². The lowest BCUT2D eigenvalue weighted by Crippen LogP contribution is -2.31. The minimum atomic E-state index is 0.304. The Balaban J connectivity index is 1.86. The van der Waals surface area contributed by atoms with E-state index in [1.165, 1.54) is 19.3 Å². The van der Waals surface area contributed by atoms with E-state index in [1.54, 1.807) is 0 Å². The van der Waals surface area contributed by atoms with Crippen molar-refractivity contribution in [1.82, 2.24) is 15.5 Å². The van der Waals surface area contributed by atoms with E-state index >= 15 is 0 Å². The highest BCUT2D eigenvalue weighted by molar-refractivity contribution is 6.30. The molecule has 1 saturated carbocycles. The van der Waals surface area contributed by atoms with Gasteiger partial charge in [-0.3, -0.25) is 0 Å². The predicted octanol–water partition coefficient (Wildman–Crippen LogP) is 4.03. The maximum Gasteiger partial charge on any atom is 0.231 e. The molecular formula is C16H20ClN3O. The third-order valence-electron chi connectivity index (χ3n) is 4.23. The lowest BCUT2D eigenvalue weighted by Gasteiger charge is -2.20. The first-order chi connectivity index (χ1) is 10.3. The Morgan fingerprint density at radius 2 is 2.10 bits per heavy atom. The highest BCUT2D eigenvalue weighted by Gasteiger charge is 2.28. The Morgan fingerprint density at radius 3 is 2.90 bits per heavy atom. The van der Waals surface area contributed by atoms with Gasteiger partial charge in [-0.15, -0.1) is 0 Å². The van der Waals surface area contributed by atoms with Gasteiger partial charge >= 0.3 is 0 Å². The van der Waals surface area contributed by atoms with Crippen LogP contribution in [0.4, 0.5) is 0 Å². The number of halogens is 1. The molecule has 1 aromatic carbocycles. The largest absolute Gasteiger partial charge is 0.339 e. The molecule has 21 heavy (non-hydrogen) atoms. The molecule has 5 heteroatoms. The van der Waals surface area contributed by atoms with Crippen molar-refractivity contribution >= 4 is 11.6 Å². The van der Waals surface area contributed by atoms with E-state index in [1.807, 2.05) is 31.3 Å². The summed E-state index contributed by atoms with van der Waals surface area (Å²) in [7, 11) is 2.01. The summed E-state index contributed by atoms with van der Waals surface area (Å²) < 4.78 is 5.54. The van der Waals surface area contributed by atoms with Crippen molar-refractivity contribution in [3.8, 4) is 11.4 Å². The van der Waals surface area contributed by atoms with Gasteiger partial charge in [0.25, 0.3) is 0 Å². The third kappa shape index (κ3) is 3.27. The number of rotatable bonds is 3. The first kappa shape index (κ1) is 14.5. The second kappa shape index (κ2) is 6.58. The van der Waals surface area contributed by atoms with Crippen molar-refractivity contribution in [1.29, 1.82) is 0 Å². The van der Waals surface area contributed by atoms with Crippen LogP contribution in [0, 0.1) is 0 Å². The molecule has 1 aliphatic rings. The molecule has 0 spiro atoms. The molecule has 2 unspecified atom stereocenters. The molecule has 1 fully saturated rings. The molecule has 1 aromatic heterocycles. The van der Waals surface area contributed by atoms with Crippen molar-refractivity contribution < 1.29 is 4.52 Å². The van der Waals surface area contributed by atoms with E-state index < -0.39 is 0 Å². The molecule has 1 N–H and O–H groups in total. The van der Waals surface area contributed by atoms with Crippen LogP contribution in [0.2, 0.25) is 5.02 Å². The standard InChI is InChI=1S/C16H20ClN3O/c1-18-14-9-4-2-3-8-13(14)16-19-15(20-21-16)11-6-5-7-12(17)10-11/h5-7,10,13-14,18H,2-4,8-9H2,1H3. The zero-order valence-corrected chi connectivity index (χ0v) is 12.9. The zero-order chi connectivity index (χ0) is 14.7. The normalized spacial score (nSPS) is 23.0. The van der Waals surface area contributed by atoms with Gasteiger partial charge in [0.2, 0.25) is 11.7 Å². The molecule has 2 aromatic rings. The number of likely N-dealkylation sites (N-methyl/N-ethyl adjacent to an activating group) is 1. The second-order valence-electron chi connectivity index (χ2n) is 5.61. The van der Waals surface area contributed by atoms with Crippen LogP contribution in [-0.4, -0.2) is 23.2 Å². The Bertz CT molecular complexity index is 599. The van der Waals surface area contributed by atoms with Crippen LogP contribution >= 0.6 is 11.6 Å². The number of hydrogen-bond acceptors (Lipinski definition) is 4. The monoisotopic (exact) mass is 305 g/mol. The highest BCUT2D eigenvalue weighted by atomic mass is 35.5. The SMILES string of the molecule is CNC1CCCCCC1c1nc(-c2cccc(Cl)c2)no1. The molecule has 4 nitrogen and oxygen atoms in total. The molecule has 3 rings (SSSR count). The molecule has 1 aliphatic carbocycles. The van der Waals surface area contributed by atoms with Crippen LogP contribution in [0.25, 0.3) is 11.4 Å². The smallest absolute Gasteiger partial charge is 0.231 e. The van der Waals surface area contributed by atoms with Crippen LogP contribution in [-0.2, 0) is 0 Å². The van der Waals surface area contributed by atoms with Crippen LogP contribution in [0.15, 0.2) is 28.8 Å². The maximum atomic E-state index is 6.02. The Kier molecular flexibility index (Phi) is 4.56. The van der Waals surface area contributed by atoms with Gasteiger partial charge in [-0.1, -0.05) is 48.2 Å². The quantitative estimate of drug-likeness (QED) is 0.870. The zero-order valence-electron chi connectivity index (χ0n) is 12.2. The summed E-state index contributed by atoms with van der Waals surface area (Å²) in [6.45, 7) is 0. The van der Waals surface area contributed by atoms with E-state index in [4.69, 9.17) is 16.1 Å². The summed E-state index contributed by atoms with van der Waals surface area (Å²) in [6.07, 6.45) is 6.03. The molecule has 1 heterocycles. The third-order valence-corrected chi connectivity index (χ3v) is 4.46. The fourth-order valence-corrected chi connectivity index (χ4v) is 3.27. The lowest BCUT2D eigenvalue weighted by molar-refractivity contribution is 0.311. The Labute approximate surface area is 129 Å². The van der Waals surface area contributed by atoms with E-state index in [0.29, 0.717) is 22.8 Å². The second-order valence-corrected chi connectivity index (χ2v) is 6.04. The molecular weight excluding hydrogens is 286 g/mol. The number of nitrogens with one attached hydrogen (secondary N) is 1. The van der Waals surface area contributed by atoms with Crippen molar-refractivity contribution in [3.63, 3.8) is 0 Å². The summed E-state index contributed by atoms with van der Waals surface area (Å²) in [5.74, 6) is 1.66. The van der Waals surface area contributed by atoms with Gasteiger partial charge in [0.05, 0.1) is 5.92 Å². The molecule has 0 saturated heterocycles. The van der Waals surface area contributed by atoms with Gasteiger partial charge in [0.15, 0.2) is 0 Å². The first-order valence-electron chi connectivity index (χ1n) is 7.55. The number of nitrogens with zero attached hydrogens (tertiary/aromatic N) is 2. The van der Waals surface area contributed by atoms with Gasteiger partial charge in [-0.05, 0) is 32.0 Å². The van der Waals surface area contributed by atoms with E-state index in [-0.39, 0.29) is 0 Å². The average molecular weight is 306 g/mol. The lowest BCUT2D eigenvalue weighted by atomic mass is 9.95. The van der Waals surface area contributed by atoms with Gasteiger partial charge < -0.3 is 9.84 Å². The highest BCUT2D eigenvalue weighted by Crippen LogP contribution is 2.32. The van der Waals surface area contributed by atoms with E-state index in [2.05, 4.69) is 15.5 Å². The predicted molar refractivity (Wildman–Crippen MR) is 83.4 cm³/mol. The maximum absolute atomic E-state index is 6.02. The van der Waals surface area contributed by atoms with Crippen LogP contribution < -0.4 is 5.32 Å². The first-order valence-corrected chi connectivity index (χ1v) is 7.92. The number of aromatic nitrogens is 2. The van der Waals surface area contributed by atoms with Crippen molar-refractivity contribution in [3.05, 3.63) is 35.2 Å². The minimum Gasteiger partial charge on any atom is -0.339 e. The number of benzene rings is 1. The van der Waals surface area contributed by atoms with Gasteiger partial charge in [-0.25, -0.2) is 0 Å². The van der Waals surface area contributed by atoms with Crippen molar-refractivity contribution in [2.75, 3.05) is 7.05 Å². The summed E-state index contributed by atoms with van der Waals surface area (Å²) in [6, 6.07) is 7.96. The van der Waals surface area contributed by atoms with Gasteiger partial charge in [-0.2, -0.15) is 4.98 Å². The summed E-state index contributed by atoms with van der Waals surface area (Å²) in [5, 5.41) is 8.21. The average Bonchev–Trinajstić information content (AvgIpc) is 2.86. The number of hydrogen-bond donors (Lipinski definition) is 1. The van der Waals surface area contributed by atoms with Crippen LogP contribution in [0.1, 0.15) is 43.9 Å². The molecule has 0 amide bonds. The molecule has 2 atom stereocenters. The van der Waals surface area contributed by atoms with E-state index in [9.17, 15) is 0 Å². The van der Waals surface area contributed by atoms with Crippen molar-refractivity contribution in [2.24, 2.45) is 0 Å². The van der Waals surface area contributed by atoms with E-state index in [0.717, 1.165) is 24.3 Å².